The van der Waals surface area contributed by atoms with E-state index < -0.39 is 17.8 Å². The summed E-state index contributed by atoms with van der Waals surface area (Å²) in [6.45, 7) is 0.0602. The summed E-state index contributed by atoms with van der Waals surface area (Å²) in [5, 5.41) is 17.0. The minimum atomic E-state index is -1.39. The van der Waals surface area contributed by atoms with Crippen molar-refractivity contribution in [1.29, 1.82) is 0 Å². The number of rotatable bonds is 5. The van der Waals surface area contributed by atoms with Crippen LogP contribution in [-0.2, 0) is 11.3 Å². The summed E-state index contributed by atoms with van der Waals surface area (Å²) < 4.78 is 18.0. The fourth-order valence-corrected chi connectivity index (χ4v) is 2.44. The van der Waals surface area contributed by atoms with Crippen LogP contribution >= 0.6 is 11.6 Å². The third-order valence-corrected chi connectivity index (χ3v) is 3.79. The molecule has 0 saturated carbocycles. The molecule has 1 atom stereocenters. The number of hydrogen-bond donors (Lipinski definition) is 2. The monoisotopic (exact) mass is 360 g/mol. The van der Waals surface area contributed by atoms with E-state index in [1.165, 1.54) is 24.3 Å². The van der Waals surface area contributed by atoms with Crippen LogP contribution in [0.25, 0.3) is 11.3 Å². The van der Waals surface area contributed by atoms with Gasteiger partial charge in [0.1, 0.15) is 11.5 Å². The van der Waals surface area contributed by atoms with Gasteiger partial charge >= 0.3 is 0 Å². The average Bonchev–Trinajstić information content (AvgIpc) is 3.09. The lowest BCUT2D eigenvalue weighted by molar-refractivity contribution is -0.129. The smallest absolute Gasteiger partial charge is 0.253 e. The molecule has 0 aliphatic carbocycles. The van der Waals surface area contributed by atoms with Crippen LogP contribution in [0.5, 0.6) is 0 Å². The van der Waals surface area contributed by atoms with Crippen molar-refractivity contribution in [3.8, 4) is 11.3 Å². The zero-order chi connectivity index (χ0) is 17.8. The number of benzene rings is 2. The highest BCUT2D eigenvalue weighted by atomic mass is 35.5. The van der Waals surface area contributed by atoms with Crippen molar-refractivity contribution in [1.82, 2.24) is 10.5 Å². The number of aliphatic hydroxyl groups excluding tert-OH is 1. The van der Waals surface area contributed by atoms with E-state index in [4.69, 9.17) is 16.1 Å². The number of carbonyl (C=O) groups is 1. The van der Waals surface area contributed by atoms with Gasteiger partial charge < -0.3 is 14.9 Å². The molecule has 0 aliphatic rings. The molecule has 25 heavy (non-hydrogen) atoms. The summed E-state index contributed by atoms with van der Waals surface area (Å²) in [7, 11) is 0. The Kier molecular flexibility index (Phi) is 5.11. The van der Waals surface area contributed by atoms with E-state index in [0.717, 1.165) is 5.56 Å². The Hall–Kier alpha value is -2.70. The summed E-state index contributed by atoms with van der Waals surface area (Å²) in [6.07, 6.45) is -1.39. The number of amides is 1. The Balaban J connectivity index is 1.62. The first-order valence-corrected chi connectivity index (χ1v) is 7.83. The fraction of sp³-hybridized carbons (Fsp3) is 0.111. The van der Waals surface area contributed by atoms with Gasteiger partial charge in [-0.25, -0.2) is 4.39 Å². The molecule has 0 radical (unpaired) electrons. The standard InChI is InChI=1S/C18H14ClFN2O3/c19-13-3-1-2-12(8-13)16-9-15(25-22-16)10-21-18(24)17(23)11-4-6-14(20)7-5-11/h1-9,17,23H,10H2,(H,21,24). The van der Waals surface area contributed by atoms with Crippen molar-refractivity contribution >= 4 is 17.5 Å². The van der Waals surface area contributed by atoms with Crippen molar-refractivity contribution in [2.75, 3.05) is 0 Å². The second kappa shape index (κ2) is 7.46. The van der Waals surface area contributed by atoms with Crippen molar-refractivity contribution < 1.29 is 18.8 Å². The lowest BCUT2D eigenvalue weighted by atomic mass is 10.1. The van der Waals surface area contributed by atoms with Crippen molar-refractivity contribution in [3.63, 3.8) is 0 Å². The fourth-order valence-electron chi connectivity index (χ4n) is 2.25. The number of halogens is 2. The van der Waals surface area contributed by atoms with Crippen LogP contribution in [0.3, 0.4) is 0 Å². The lowest BCUT2D eigenvalue weighted by Crippen LogP contribution is -2.28. The molecule has 2 N–H and O–H groups in total. The van der Waals surface area contributed by atoms with Gasteiger partial charge in [-0.1, -0.05) is 41.0 Å². The predicted molar refractivity (Wildman–Crippen MR) is 90.2 cm³/mol. The summed E-state index contributed by atoms with van der Waals surface area (Å²) in [4.78, 5) is 12.0. The summed E-state index contributed by atoms with van der Waals surface area (Å²) >= 11 is 5.94. The van der Waals surface area contributed by atoms with Gasteiger partial charge in [-0.05, 0) is 29.8 Å². The van der Waals surface area contributed by atoms with Gasteiger partial charge in [0.2, 0.25) is 0 Å². The van der Waals surface area contributed by atoms with Crippen molar-refractivity contribution in [3.05, 3.63) is 76.8 Å². The van der Waals surface area contributed by atoms with Gasteiger partial charge in [0.05, 0.1) is 6.54 Å². The number of carbonyl (C=O) groups excluding carboxylic acids is 1. The normalized spacial score (nSPS) is 12.0. The Morgan fingerprint density at radius 2 is 2.00 bits per heavy atom. The number of aliphatic hydroxyl groups is 1. The highest BCUT2D eigenvalue weighted by Crippen LogP contribution is 2.22. The number of nitrogens with zero attached hydrogens (tertiary/aromatic N) is 1. The molecule has 7 heteroatoms. The van der Waals surface area contributed by atoms with Gasteiger partial charge in [0, 0.05) is 16.7 Å². The molecule has 1 aromatic heterocycles. The van der Waals surface area contributed by atoms with Crippen LogP contribution in [0.2, 0.25) is 5.02 Å². The Morgan fingerprint density at radius 3 is 2.72 bits per heavy atom. The van der Waals surface area contributed by atoms with Crippen molar-refractivity contribution in [2.24, 2.45) is 0 Å². The van der Waals surface area contributed by atoms with Gasteiger partial charge in [-0.15, -0.1) is 0 Å². The highest BCUT2D eigenvalue weighted by molar-refractivity contribution is 6.30. The molecule has 2 aromatic carbocycles. The molecule has 1 heterocycles. The van der Waals surface area contributed by atoms with Crippen LogP contribution in [0.1, 0.15) is 17.4 Å². The van der Waals surface area contributed by atoms with Gasteiger partial charge in [-0.3, -0.25) is 4.79 Å². The zero-order valence-corrected chi connectivity index (χ0v) is 13.7. The van der Waals surface area contributed by atoms with Gasteiger partial charge in [0.25, 0.3) is 5.91 Å². The van der Waals surface area contributed by atoms with E-state index in [9.17, 15) is 14.3 Å². The molecule has 3 rings (SSSR count). The molecular weight excluding hydrogens is 347 g/mol. The summed E-state index contributed by atoms with van der Waals surface area (Å²) in [6, 6.07) is 13.9. The Morgan fingerprint density at radius 1 is 1.24 bits per heavy atom. The average molecular weight is 361 g/mol. The van der Waals surface area contributed by atoms with Gasteiger partial charge in [-0.2, -0.15) is 0 Å². The second-order valence-corrected chi connectivity index (χ2v) is 5.80. The molecular formula is C18H14ClFN2O3. The Bertz CT molecular complexity index is 880. The quantitative estimate of drug-likeness (QED) is 0.730. The van der Waals surface area contributed by atoms with Crippen LogP contribution in [0.4, 0.5) is 4.39 Å². The number of nitrogens with one attached hydrogen (secondary N) is 1. The van der Waals surface area contributed by atoms with E-state index in [-0.39, 0.29) is 6.54 Å². The predicted octanol–water partition coefficient (Wildman–Crippen LogP) is 3.48. The zero-order valence-electron chi connectivity index (χ0n) is 12.9. The lowest BCUT2D eigenvalue weighted by Gasteiger charge is -2.10. The minimum absolute atomic E-state index is 0.0602. The first kappa shape index (κ1) is 17.1. The van der Waals surface area contributed by atoms with Crippen LogP contribution in [-0.4, -0.2) is 16.2 Å². The van der Waals surface area contributed by atoms with Crippen molar-refractivity contribution in [2.45, 2.75) is 12.6 Å². The largest absolute Gasteiger partial charge is 0.378 e. The molecule has 0 fully saturated rings. The molecule has 1 amide bonds. The summed E-state index contributed by atoms with van der Waals surface area (Å²) in [5.74, 6) is -0.631. The number of aromatic nitrogens is 1. The first-order valence-electron chi connectivity index (χ1n) is 7.46. The molecule has 0 aliphatic heterocycles. The van der Waals surface area contributed by atoms with E-state index >= 15 is 0 Å². The second-order valence-electron chi connectivity index (χ2n) is 5.36. The Labute approximate surface area is 148 Å². The van der Waals surface area contributed by atoms with E-state index in [0.29, 0.717) is 22.0 Å². The highest BCUT2D eigenvalue weighted by Gasteiger charge is 2.18. The maximum atomic E-state index is 12.9. The molecule has 0 bridgehead atoms. The summed E-state index contributed by atoms with van der Waals surface area (Å²) in [5.41, 5.74) is 1.68. The molecule has 5 nitrogen and oxygen atoms in total. The van der Waals surface area contributed by atoms with Crippen LogP contribution in [0, 0.1) is 5.82 Å². The molecule has 128 valence electrons. The molecule has 1 unspecified atom stereocenters. The van der Waals surface area contributed by atoms with E-state index in [2.05, 4.69) is 10.5 Å². The van der Waals surface area contributed by atoms with E-state index in [1.54, 1.807) is 24.3 Å². The molecule has 0 saturated heterocycles. The van der Waals surface area contributed by atoms with E-state index in [1.807, 2.05) is 6.07 Å². The topological polar surface area (TPSA) is 75.4 Å². The third-order valence-electron chi connectivity index (χ3n) is 3.55. The maximum absolute atomic E-state index is 12.9. The van der Waals surface area contributed by atoms with Crippen LogP contribution in [0.15, 0.2) is 59.1 Å². The number of hydrogen-bond acceptors (Lipinski definition) is 4. The molecule has 0 spiro atoms. The first-order chi connectivity index (χ1) is 12.0. The van der Waals surface area contributed by atoms with Gasteiger partial charge in [0.15, 0.2) is 11.9 Å². The van der Waals surface area contributed by atoms with Crippen LogP contribution < -0.4 is 5.32 Å². The molecule has 3 aromatic rings. The minimum Gasteiger partial charge on any atom is -0.378 e. The SMILES string of the molecule is O=C(NCc1cc(-c2cccc(Cl)c2)no1)C(O)c1ccc(F)cc1. The maximum Gasteiger partial charge on any atom is 0.253 e. The third kappa shape index (κ3) is 4.23.